The van der Waals surface area contributed by atoms with E-state index in [1.807, 2.05) is 0 Å². The standard InChI is InChI=1S/C10H19Br2N2O2P.ClH/c1-4-16-17(15,9(13)5-7(2)11)10(14)6-8(3)12;/h9-10H,2-6,13-14H2,1H3;1H. The third-order valence-corrected chi connectivity index (χ3v) is 5.64. The van der Waals surface area contributed by atoms with Gasteiger partial charge in [0.25, 0.3) is 0 Å². The number of hydrogen-bond acceptors (Lipinski definition) is 4. The summed E-state index contributed by atoms with van der Waals surface area (Å²) in [6, 6.07) is 0. The van der Waals surface area contributed by atoms with Gasteiger partial charge in [-0.1, -0.05) is 45.0 Å². The minimum atomic E-state index is -3.14. The molecule has 0 bridgehead atoms. The zero-order chi connectivity index (χ0) is 13.6. The van der Waals surface area contributed by atoms with Crippen LogP contribution >= 0.6 is 51.6 Å². The van der Waals surface area contributed by atoms with Crippen LogP contribution in [0.3, 0.4) is 0 Å². The van der Waals surface area contributed by atoms with E-state index in [2.05, 4.69) is 45.0 Å². The first-order valence-electron chi connectivity index (χ1n) is 5.15. The molecule has 8 heteroatoms. The van der Waals surface area contributed by atoms with E-state index in [1.165, 1.54) is 0 Å². The van der Waals surface area contributed by atoms with Gasteiger partial charge >= 0.3 is 0 Å². The first kappa shape index (κ1) is 21.1. The van der Waals surface area contributed by atoms with Crippen LogP contribution in [0.5, 0.6) is 0 Å². The van der Waals surface area contributed by atoms with Gasteiger partial charge in [-0.05, 0) is 15.9 Å². The van der Waals surface area contributed by atoms with E-state index < -0.39 is 18.9 Å². The van der Waals surface area contributed by atoms with Gasteiger partial charge in [-0.3, -0.25) is 4.57 Å². The number of rotatable bonds is 8. The largest absolute Gasteiger partial charge is 0.327 e. The molecule has 4 N–H and O–H groups in total. The molecule has 0 heterocycles. The fourth-order valence-corrected chi connectivity index (χ4v) is 4.77. The molecule has 0 amide bonds. The second kappa shape index (κ2) is 9.70. The van der Waals surface area contributed by atoms with Crippen LogP contribution < -0.4 is 11.5 Å². The van der Waals surface area contributed by atoms with Crippen molar-refractivity contribution < 1.29 is 9.09 Å². The van der Waals surface area contributed by atoms with Crippen molar-refractivity contribution in [2.24, 2.45) is 11.5 Å². The third kappa shape index (κ3) is 6.85. The summed E-state index contributed by atoms with van der Waals surface area (Å²) in [5.74, 6) is -1.31. The van der Waals surface area contributed by atoms with E-state index in [0.717, 1.165) is 0 Å². The highest BCUT2D eigenvalue weighted by Gasteiger charge is 2.37. The van der Waals surface area contributed by atoms with Gasteiger partial charge in [0, 0.05) is 12.8 Å². The fourth-order valence-electron chi connectivity index (χ4n) is 1.35. The Labute approximate surface area is 132 Å². The van der Waals surface area contributed by atoms with Gasteiger partial charge in [0.1, 0.15) is 0 Å². The number of hydrogen-bond donors (Lipinski definition) is 2. The lowest BCUT2D eigenvalue weighted by molar-refractivity contribution is 0.317. The van der Waals surface area contributed by atoms with Crippen LogP contribution in [0.2, 0.25) is 0 Å². The zero-order valence-electron chi connectivity index (χ0n) is 10.3. The number of halogens is 3. The summed E-state index contributed by atoms with van der Waals surface area (Å²) in [6.07, 6.45) is 0.722. The van der Waals surface area contributed by atoms with Gasteiger partial charge < -0.3 is 16.0 Å². The fraction of sp³-hybridized carbons (Fsp3) is 0.600. The molecule has 18 heavy (non-hydrogen) atoms. The molecule has 2 atom stereocenters. The molecule has 0 saturated carbocycles. The molecule has 0 aromatic rings. The van der Waals surface area contributed by atoms with E-state index in [4.69, 9.17) is 16.0 Å². The molecule has 0 rings (SSSR count). The predicted octanol–water partition coefficient (Wildman–Crippen LogP) is 3.89. The maximum Gasteiger partial charge on any atom is 0.236 e. The highest BCUT2D eigenvalue weighted by molar-refractivity contribution is 9.12. The highest BCUT2D eigenvalue weighted by Crippen LogP contribution is 2.56. The van der Waals surface area contributed by atoms with Crippen molar-refractivity contribution in [3.8, 4) is 0 Å². The van der Waals surface area contributed by atoms with E-state index in [9.17, 15) is 4.57 Å². The Bertz CT molecular complexity index is 316. The monoisotopic (exact) mass is 424 g/mol. The molecule has 0 fully saturated rings. The van der Waals surface area contributed by atoms with Crippen LogP contribution in [0.15, 0.2) is 22.1 Å². The Morgan fingerprint density at radius 1 is 1.22 bits per heavy atom. The van der Waals surface area contributed by atoms with E-state index in [0.29, 0.717) is 28.4 Å². The van der Waals surface area contributed by atoms with Crippen molar-refractivity contribution in [2.75, 3.05) is 6.61 Å². The highest BCUT2D eigenvalue weighted by atomic mass is 79.9. The molecule has 0 spiro atoms. The van der Waals surface area contributed by atoms with Gasteiger partial charge in [0.15, 0.2) is 0 Å². The van der Waals surface area contributed by atoms with Crippen molar-refractivity contribution in [1.29, 1.82) is 0 Å². The summed E-state index contributed by atoms with van der Waals surface area (Å²) >= 11 is 6.40. The van der Waals surface area contributed by atoms with E-state index in [1.54, 1.807) is 6.92 Å². The molecule has 0 aliphatic carbocycles. The summed E-state index contributed by atoms with van der Waals surface area (Å²) in [6.45, 7) is 9.43. The minimum Gasteiger partial charge on any atom is -0.327 e. The second-order valence-corrected chi connectivity index (χ2v) is 8.76. The Hall–Kier alpha value is 0.840. The van der Waals surface area contributed by atoms with Crippen molar-refractivity contribution in [3.63, 3.8) is 0 Å². The maximum absolute atomic E-state index is 12.7. The third-order valence-electron chi connectivity index (χ3n) is 2.12. The average molecular weight is 427 g/mol. The van der Waals surface area contributed by atoms with Gasteiger partial charge in [0.2, 0.25) is 7.37 Å². The van der Waals surface area contributed by atoms with Gasteiger partial charge in [-0.2, -0.15) is 0 Å². The van der Waals surface area contributed by atoms with Crippen LogP contribution in [0.4, 0.5) is 0 Å². The summed E-state index contributed by atoms with van der Waals surface area (Å²) in [5.41, 5.74) is 11.8. The average Bonchev–Trinajstić information content (AvgIpc) is 2.15. The first-order chi connectivity index (χ1) is 7.74. The topological polar surface area (TPSA) is 78.3 Å². The molecule has 4 nitrogen and oxygen atoms in total. The molecule has 0 aliphatic heterocycles. The lowest BCUT2D eigenvalue weighted by atomic mass is 10.4. The van der Waals surface area contributed by atoms with Gasteiger partial charge in [-0.25, -0.2) is 0 Å². The Balaban J connectivity index is 0. The lowest BCUT2D eigenvalue weighted by Gasteiger charge is -2.29. The molecular formula is C10H20Br2ClN2O2P. The molecule has 108 valence electrons. The molecule has 0 aromatic carbocycles. The van der Waals surface area contributed by atoms with Crippen molar-refractivity contribution in [1.82, 2.24) is 0 Å². The molecule has 0 radical (unpaired) electrons. The zero-order valence-corrected chi connectivity index (χ0v) is 15.2. The van der Waals surface area contributed by atoms with Crippen LogP contribution in [0.25, 0.3) is 0 Å². The van der Waals surface area contributed by atoms with Crippen molar-refractivity contribution in [2.45, 2.75) is 31.3 Å². The molecule has 2 unspecified atom stereocenters. The van der Waals surface area contributed by atoms with Crippen LogP contribution in [0.1, 0.15) is 19.8 Å². The SMILES string of the molecule is C=C(Br)CC(N)P(=O)(OCC)C(N)CC(=C)Br.Cl. The van der Waals surface area contributed by atoms with Gasteiger partial charge in [0.05, 0.1) is 18.2 Å². The lowest BCUT2D eigenvalue weighted by Crippen LogP contribution is -2.32. The normalized spacial score (nSPS) is 17.2. The van der Waals surface area contributed by atoms with E-state index in [-0.39, 0.29) is 12.4 Å². The molecule has 0 saturated heterocycles. The Morgan fingerprint density at radius 2 is 1.56 bits per heavy atom. The van der Waals surface area contributed by atoms with Crippen LogP contribution in [-0.4, -0.2) is 18.2 Å². The minimum absolute atomic E-state index is 0. The molecule has 0 aromatic heterocycles. The summed E-state index contributed by atoms with van der Waals surface area (Å²) in [7, 11) is -3.14. The van der Waals surface area contributed by atoms with Crippen LogP contribution in [0, 0.1) is 0 Å². The summed E-state index contributed by atoms with van der Waals surface area (Å²) < 4.78 is 19.4. The Kier molecular flexibility index (Phi) is 11.4. The summed E-state index contributed by atoms with van der Waals surface area (Å²) in [5, 5.41) is 0. The Morgan fingerprint density at radius 3 is 1.78 bits per heavy atom. The molecule has 0 aliphatic rings. The number of nitrogens with two attached hydrogens (primary N) is 2. The summed E-state index contributed by atoms with van der Waals surface area (Å²) in [4.78, 5) is 0. The quantitative estimate of drug-likeness (QED) is 0.577. The predicted molar refractivity (Wildman–Crippen MR) is 87.8 cm³/mol. The van der Waals surface area contributed by atoms with E-state index >= 15 is 0 Å². The van der Waals surface area contributed by atoms with Crippen molar-refractivity contribution >= 4 is 51.6 Å². The first-order valence-corrected chi connectivity index (χ1v) is 8.50. The maximum atomic E-state index is 12.7. The smallest absolute Gasteiger partial charge is 0.236 e. The molecular weight excluding hydrogens is 406 g/mol. The second-order valence-electron chi connectivity index (χ2n) is 3.64. The van der Waals surface area contributed by atoms with Crippen molar-refractivity contribution in [3.05, 3.63) is 22.1 Å². The van der Waals surface area contributed by atoms with Crippen LogP contribution in [-0.2, 0) is 9.09 Å². The van der Waals surface area contributed by atoms with Gasteiger partial charge in [-0.15, -0.1) is 12.4 Å².